The Morgan fingerprint density at radius 1 is 1.10 bits per heavy atom. The van der Waals surface area contributed by atoms with Crippen molar-refractivity contribution < 1.29 is 31.8 Å². The van der Waals surface area contributed by atoms with Gasteiger partial charge in [-0.05, 0) is 35.7 Å². The molecule has 4 N–H and O–H groups in total. The number of carbonyl (C=O) groups is 1. The van der Waals surface area contributed by atoms with Gasteiger partial charge < -0.3 is 30.7 Å². The summed E-state index contributed by atoms with van der Waals surface area (Å²) in [5.41, 5.74) is 11.9. The lowest BCUT2D eigenvalue weighted by Crippen LogP contribution is -2.49. The number of amides is 1. The highest BCUT2D eigenvalue weighted by Gasteiger charge is 2.27. The van der Waals surface area contributed by atoms with Gasteiger partial charge in [0.2, 0.25) is 11.9 Å². The highest BCUT2D eigenvalue weighted by atomic mass is 19.1. The molecule has 0 radical (unpaired) electrons. The zero-order valence-electron chi connectivity index (χ0n) is 21.6. The van der Waals surface area contributed by atoms with E-state index in [0.29, 0.717) is 31.7 Å². The number of alkyl halides is 2. The van der Waals surface area contributed by atoms with Gasteiger partial charge in [0.05, 0.1) is 20.3 Å². The maximum Gasteiger partial charge on any atom is 0.228 e. The van der Waals surface area contributed by atoms with E-state index >= 15 is 4.39 Å². The molecule has 1 amide bonds. The summed E-state index contributed by atoms with van der Waals surface area (Å²) in [6, 6.07) is 3.63. The number of aromatic nitrogens is 2. The number of hydrogen-bond donors (Lipinski definition) is 2. The number of nitrogens with two attached hydrogens (primary N) is 2. The van der Waals surface area contributed by atoms with E-state index in [1.165, 1.54) is 32.4 Å². The summed E-state index contributed by atoms with van der Waals surface area (Å²) in [6.45, 7) is 0.310. The summed E-state index contributed by atoms with van der Waals surface area (Å²) < 4.78 is 66.6. The Kier molecular flexibility index (Phi) is 8.58. The molecule has 2 unspecified atom stereocenters. The van der Waals surface area contributed by atoms with Gasteiger partial charge in [0.15, 0.2) is 17.3 Å². The van der Waals surface area contributed by atoms with Crippen LogP contribution in [0.25, 0.3) is 10.9 Å². The SMILES string of the molecule is COc1cc2c(N)nc(N3CCN(C(=O)CCc4ccc(F)cc4C(F)C(N)CF)CC3)nc2c(F)c1OC. The second-order valence-corrected chi connectivity index (χ2v) is 9.16. The normalized spacial score (nSPS) is 15.4. The van der Waals surface area contributed by atoms with Gasteiger partial charge in [0.1, 0.15) is 30.0 Å². The smallest absolute Gasteiger partial charge is 0.228 e. The molecule has 0 spiro atoms. The van der Waals surface area contributed by atoms with Gasteiger partial charge in [-0.15, -0.1) is 0 Å². The molecule has 0 saturated carbocycles. The van der Waals surface area contributed by atoms with Crippen LogP contribution in [0.5, 0.6) is 11.5 Å². The number of fused-ring (bicyclic) bond motifs is 1. The minimum atomic E-state index is -1.89. The molecule has 1 aliphatic heterocycles. The van der Waals surface area contributed by atoms with Gasteiger partial charge >= 0.3 is 0 Å². The third-order valence-corrected chi connectivity index (χ3v) is 6.78. The van der Waals surface area contributed by atoms with Crippen LogP contribution >= 0.6 is 0 Å². The monoisotopic (exact) mass is 550 g/mol. The number of rotatable bonds is 9. The molecule has 9 nitrogen and oxygen atoms in total. The average molecular weight is 551 g/mol. The molecular weight excluding hydrogens is 520 g/mol. The fourth-order valence-corrected chi connectivity index (χ4v) is 4.59. The van der Waals surface area contributed by atoms with E-state index in [9.17, 15) is 18.0 Å². The molecule has 4 rings (SSSR count). The molecule has 0 aliphatic carbocycles. The van der Waals surface area contributed by atoms with Crippen molar-refractivity contribution in [3.8, 4) is 11.5 Å². The summed E-state index contributed by atoms with van der Waals surface area (Å²) in [5, 5.41) is 0.283. The summed E-state index contributed by atoms with van der Waals surface area (Å²) in [5.74, 6) is -1.22. The maximum atomic E-state index is 15.1. The number of nitrogen functional groups attached to an aromatic ring is 1. The molecule has 2 heterocycles. The predicted octanol–water partition coefficient (Wildman–Crippen LogP) is 3.10. The lowest BCUT2D eigenvalue weighted by Gasteiger charge is -2.35. The van der Waals surface area contributed by atoms with Crippen molar-refractivity contribution in [3.63, 3.8) is 0 Å². The summed E-state index contributed by atoms with van der Waals surface area (Å²) in [7, 11) is 2.70. The molecule has 2 aromatic carbocycles. The first-order chi connectivity index (χ1) is 18.7. The molecule has 1 saturated heterocycles. The molecule has 1 fully saturated rings. The highest BCUT2D eigenvalue weighted by molar-refractivity contribution is 5.92. The van der Waals surface area contributed by atoms with Crippen molar-refractivity contribution in [1.82, 2.24) is 14.9 Å². The van der Waals surface area contributed by atoms with E-state index < -0.39 is 30.5 Å². The zero-order valence-corrected chi connectivity index (χ0v) is 21.6. The Hall–Kier alpha value is -3.87. The van der Waals surface area contributed by atoms with Crippen LogP contribution in [0.4, 0.5) is 29.3 Å². The second kappa shape index (κ2) is 11.9. The van der Waals surface area contributed by atoms with Gasteiger partial charge in [-0.25, -0.2) is 22.5 Å². The maximum absolute atomic E-state index is 15.1. The third kappa shape index (κ3) is 5.77. The number of nitrogens with zero attached hydrogens (tertiary/aromatic N) is 4. The van der Waals surface area contributed by atoms with Crippen LogP contribution < -0.4 is 25.8 Å². The number of anilines is 2. The summed E-state index contributed by atoms with van der Waals surface area (Å²) in [4.78, 5) is 25.0. The number of hydrogen-bond acceptors (Lipinski definition) is 8. The number of ether oxygens (including phenoxy) is 2. The fourth-order valence-electron chi connectivity index (χ4n) is 4.59. The van der Waals surface area contributed by atoms with E-state index in [2.05, 4.69) is 9.97 Å². The molecule has 0 bridgehead atoms. The van der Waals surface area contributed by atoms with Gasteiger partial charge in [-0.1, -0.05) is 6.07 Å². The van der Waals surface area contributed by atoms with Crippen LogP contribution in [0.1, 0.15) is 23.7 Å². The Bertz CT molecular complexity index is 1350. The van der Waals surface area contributed by atoms with Crippen molar-refractivity contribution in [2.75, 3.05) is 57.7 Å². The fraction of sp³-hybridized carbons (Fsp3) is 0.423. The lowest BCUT2D eigenvalue weighted by atomic mass is 9.95. The van der Waals surface area contributed by atoms with E-state index in [-0.39, 0.29) is 58.5 Å². The Balaban J connectivity index is 1.43. The largest absolute Gasteiger partial charge is 0.493 e. The van der Waals surface area contributed by atoms with Crippen LogP contribution in [0, 0.1) is 11.6 Å². The molecule has 1 aliphatic rings. The van der Waals surface area contributed by atoms with Gasteiger partial charge in [0, 0.05) is 38.0 Å². The predicted molar refractivity (Wildman–Crippen MR) is 138 cm³/mol. The average Bonchev–Trinajstić information content (AvgIpc) is 2.95. The Morgan fingerprint density at radius 2 is 1.82 bits per heavy atom. The van der Waals surface area contributed by atoms with E-state index in [1.807, 2.05) is 0 Å². The number of benzene rings is 2. The molecule has 3 aromatic rings. The van der Waals surface area contributed by atoms with Crippen LogP contribution in [0.3, 0.4) is 0 Å². The molecule has 39 heavy (non-hydrogen) atoms. The molecule has 2 atom stereocenters. The van der Waals surface area contributed by atoms with Crippen molar-refractivity contribution in [2.45, 2.75) is 25.1 Å². The van der Waals surface area contributed by atoms with Crippen LogP contribution in [0.15, 0.2) is 24.3 Å². The first-order valence-corrected chi connectivity index (χ1v) is 12.3. The number of halogens is 4. The Labute approximate surface area is 222 Å². The summed E-state index contributed by atoms with van der Waals surface area (Å²) >= 11 is 0. The first-order valence-electron chi connectivity index (χ1n) is 12.3. The van der Waals surface area contributed by atoms with Crippen molar-refractivity contribution in [1.29, 1.82) is 0 Å². The van der Waals surface area contributed by atoms with E-state index in [0.717, 1.165) is 6.07 Å². The minimum absolute atomic E-state index is 0.0117. The summed E-state index contributed by atoms with van der Waals surface area (Å²) in [6.07, 6.45) is -1.70. The van der Waals surface area contributed by atoms with Crippen molar-refractivity contribution in [3.05, 3.63) is 47.0 Å². The molecular formula is C26H30F4N6O3. The van der Waals surface area contributed by atoms with Crippen LogP contribution in [0.2, 0.25) is 0 Å². The zero-order chi connectivity index (χ0) is 28.3. The highest BCUT2D eigenvalue weighted by Crippen LogP contribution is 2.37. The van der Waals surface area contributed by atoms with Crippen molar-refractivity contribution >= 4 is 28.6 Å². The van der Waals surface area contributed by atoms with E-state index in [4.69, 9.17) is 20.9 Å². The number of piperazine rings is 1. The molecule has 1 aromatic heterocycles. The third-order valence-electron chi connectivity index (χ3n) is 6.78. The van der Waals surface area contributed by atoms with E-state index in [1.54, 1.807) is 9.80 Å². The standard InChI is InChI=1S/C26H30F4N6O3/c1-38-19-12-17-23(22(30)24(19)39-2)33-26(34-25(17)32)36-9-7-35(8-10-36)20(37)6-4-14-3-5-15(28)11-16(14)21(29)18(31)13-27/h3,5,11-12,18,21H,4,6-10,13,31H2,1-2H3,(H2,32,33,34). The molecule has 210 valence electrons. The van der Waals surface area contributed by atoms with Crippen LogP contribution in [-0.4, -0.2) is 73.9 Å². The van der Waals surface area contributed by atoms with Gasteiger partial charge in [-0.3, -0.25) is 4.79 Å². The first kappa shape index (κ1) is 28.1. The van der Waals surface area contributed by atoms with Crippen molar-refractivity contribution in [2.24, 2.45) is 5.73 Å². The topological polar surface area (TPSA) is 120 Å². The number of methoxy groups -OCH3 is 2. The Morgan fingerprint density at radius 3 is 2.46 bits per heavy atom. The quantitative estimate of drug-likeness (QED) is 0.390. The second-order valence-electron chi connectivity index (χ2n) is 9.16. The number of aryl methyl sites for hydroxylation is 1. The number of carbonyl (C=O) groups excluding carboxylic acids is 1. The van der Waals surface area contributed by atoms with Gasteiger partial charge in [0.25, 0.3) is 0 Å². The lowest BCUT2D eigenvalue weighted by molar-refractivity contribution is -0.131. The molecule has 13 heteroatoms. The van der Waals surface area contributed by atoms with Crippen LogP contribution in [-0.2, 0) is 11.2 Å². The van der Waals surface area contributed by atoms with Gasteiger partial charge in [-0.2, -0.15) is 4.98 Å². The minimum Gasteiger partial charge on any atom is -0.493 e.